The Morgan fingerprint density at radius 1 is 1.29 bits per heavy atom. The van der Waals surface area contributed by atoms with Gasteiger partial charge in [-0.2, -0.15) is 0 Å². The molecule has 24 heavy (non-hydrogen) atoms. The molecule has 2 aromatic heterocycles. The summed E-state index contributed by atoms with van der Waals surface area (Å²) in [5, 5.41) is 3.89. The summed E-state index contributed by atoms with van der Waals surface area (Å²) in [6, 6.07) is 8.23. The normalized spacial score (nSPS) is 28.8. The van der Waals surface area contributed by atoms with Crippen molar-refractivity contribution < 1.29 is 4.79 Å². The quantitative estimate of drug-likeness (QED) is 0.907. The predicted molar refractivity (Wildman–Crippen MR) is 97.6 cm³/mol. The van der Waals surface area contributed by atoms with E-state index in [2.05, 4.69) is 22.1 Å². The van der Waals surface area contributed by atoms with Gasteiger partial charge in [-0.25, -0.2) is 0 Å². The molecule has 3 saturated heterocycles. The van der Waals surface area contributed by atoms with Gasteiger partial charge < -0.3 is 5.32 Å². The highest BCUT2D eigenvalue weighted by Gasteiger charge is 2.40. The lowest BCUT2D eigenvalue weighted by atomic mass is 9.79. The highest BCUT2D eigenvalue weighted by atomic mass is 35.5. The molecular weight excluding hydrogens is 342 g/mol. The number of hydrogen-bond acceptors (Lipinski definition) is 4. The van der Waals surface area contributed by atoms with Crippen LogP contribution in [0.15, 0.2) is 30.5 Å². The van der Waals surface area contributed by atoms with Gasteiger partial charge in [-0.05, 0) is 63.0 Å². The third kappa shape index (κ3) is 2.96. The maximum Gasteiger partial charge on any atom is 0.261 e. The number of amides is 1. The largest absolute Gasteiger partial charge is 0.347 e. The molecule has 4 nitrogen and oxygen atoms in total. The Hall–Kier alpha value is -1.43. The summed E-state index contributed by atoms with van der Waals surface area (Å²) in [6.07, 6.45) is 4.02. The van der Waals surface area contributed by atoms with Gasteiger partial charge >= 0.3 is 0 Å². The lowest BCUT2D eigenvalue weighted by molar-refractivity contribution is 0.0218. The Kier molecular flexibility index (Phi) is 4.33. The molecule has 3 aliphatic heterocycles. The molecule has 0 aromatic carbocycles. The molecule has 6 heteroatoms. The van der Waals surface area contributed by atoms with Crippen LogP contribution in [0.2, 0.25) is 5.02 Å². The average molecular weight is 362 g/mol. The number of fused-ring (bicyclic) bond motifs is 3. The number of nitrogens with zero attached hydrogens (tertiary/aromatic N) is 2. The van der Waals surface area contributed by atoms with Crippen LogP contribution in [0.3, 0.4) is 0 Å². The first kappa shape index (κ1) is 16.1. The van der Waals surface area contributed by atoms with Crippen LogP contribution in [0, 0.1) is 5.92 Å². The third-order valence-electron chi connectivity index (χ3n) is 5.29. The zero-order valence-corrected chi connectivity index (χ0v) is 15.1. The molecule has 3 fully saturated rings. The number of hydrogen-bond donors (Lipinski definition) is 1. The van der Waals surface area contributed by atoms with Gasteiger partial charge in [0.25, 0.3) is 5.91 Å². The molecule has 0 saturated carbocycles. The van der Waals surface area contributed by atoms with Crippen LogP contribution in [-0.2, 0) is 0 Å². The van der Waals surface area contributed by atoms with Gasteiger partial charge in [0.05, 0.1) is 20.5 Å². The molecule has 5 heterocycles. The predicted octanol–water partition coefficient (Wildman–Crippen LogP) is 3.68. The monoisotopic (exact) mass is 361 g/mol. The van der Waals surface area contributed by atoms with Crippen LogP contribution in [0.25, 0.3) is 10.6 Å². The van der Waals surface area contributed by atoms with Crippen LogP contribution >= 0.6 is 22.9 Å². The second-order valence-corrected chi connectivity index (χ2v) is 8.16. The number of piperidine rings is 3. The Bertz CT molecular complexity index is 735. The Balaban J connectivity index is 1.48. The van der Waals surface area contributed by atoms with Gasteiger partial charge in [0.15, 0.2) is 0 Å². The molecule has 3 aliphatic rings. The fourth-order valence-electron chi connectivity index (χ4n) is 3.89. The summed E-state index contributed by atoms with van der Waals surface area (Å²) in [7, 11) is 0. The van der Waals surface area contributed by atoms with E-state index >= 15 is 0 Å². The van der Waals surface area contributed by atoms with Crippen molar-refractivity contribution in [1.82, 2.24) is 15.2 Å². The second-order valence-electron chi connectivity index (χ2n) is 6.64. The second kappa shape index (κ2) is 6.47. The van der Waals surface area contributed by atoms with E-state index in [4.69, 9.17) is 11.6 Å². The minimum Gasteiger partial charge on any atom is -0.347 e. The number of aromatic nitrogens is 1. The van der Waals surface area contributed by atoms with E-state index in [9.17, 15) is 4.79 Å². The zero-order valence-electron chi connectivity index (χ0n) is 13.5. The number of nitrogens with one attached hydrogen (secondary N) is 1. The minimum absolute atomic E-state index is 0.0332. The van der Waals surface area contributed by atoms with Crippen molar-refractivity contribution >= 4 is 28.8 Å². The van der Waals surface area contributed by atoms with Crippen LogP contribution in [0.4, 0.5) is 0 Å². The van der Waals surface area contributed by atoms with Gasteiger partial charge in [0, 0.05) is 18.3 Å². The molecule has 2 aromatic rings. The van der Waals surface area contributed by atoms with Crippen molar-refractivity contribution in [2.45, 2.75) is 31.8 Å². The first-order valence-electron chi connectivity index (χ1n) is 8.38. The average Bonchev–Trinajstić information content (AvgIpc) is 3.09. The van der Waals surface area contributed by atoms with E-state index in [0.29, 0.717) is 17.0 Å². The topological polar surface area (TPSA) is 45.2 Å². The number of halogens is 1. The summed E-state index contributed by atoms with van der Waals surface area (Å²) in [5.74, 6) is 0.650. The van der Waals surface area contributed by atoms with Gasteiger partial charge in [0.1, 0.15) is 0 Å². The zero-order chi connectivity index (χ0) is 16.7. The van der Waals surface area contributed by atoms with Crippen molar-refractivity contribution in [2.75, 3.05) is 13.1 Å². The van der Waals surface area contributed by atoms with Crippen LogP contribution in [-0.4, -0.2) is 41.0 Å². The summed E-state index contributed by atoms with van der Waals surface area (Å²) in [6.45, 7) is 4.57. The van der Waals surface area contributed by atoms with E-state index < -0.39 is 0 Å². The van der Waals surface area contributed by atoms with Crippen molar-refractivity contribution in [1.29, 1.82) is 0 Å². The van der Waals surface area contributed by atoms with Gasteiger partial charge in [-0.1, -0.05) is 11.6 Å². The SMILES string of the molecule is C[C@H]1[C@H](NC(=O)c2ccc(-c3ccc(Cl)cn3)s2)C2CCN1CC2. The smallest absolute Gasteiger partial charge is 0.261 e. The van der Waals surface area contributed by atoms with Crippen LogP contribution < -0.4 is 5.32 Å². The minimum atomic E-state index is 0.0332. The molecular formula is C18H20ClN3OS. The van der Waals surface area contributed by atoms with Crippen molar-refractivity contribution in [3.05, 3.63) is 40.4 Å². The molecule has 5 rings (SSSR count). The maximum absolute atomic E-state index is 12.7. The summed E-state index contributed by atoms with van der Waals surface area (Å²) in [5.41, 5.74) is 0.847. The van der Waals surface area contributed by atoms with Crippen LogP contribution in [0.5, 0.6) is 0 Å². The summed E-state index contributed by atoms with van der Waals surface area (Å²) in [4.78, 5) is 21.2. The summed E-state index contributed by atoms with van der Waals surface area (Å²) >= 11 is 7.36. The maximum atomic E-state index is 12.7. The number of carbonyl (C=O) groups is 1. The van der Waals surface area contributed by atoms with E-state index in [1.807, 2.05) is 24.3 Å². The fourth-order valence-corrected chi connectivity index (χ4v) is 4.88. The lowest BCUT2D eigenvalue weighted by Crippen LogP contribution is -2.62. The van der Waals surface area contributed by atoms with Crippen molar-refractivity contribution in [2.24, 2.45) is 5.92 Å². The molecule has 2 atom stereocenters. The molecule has 0 unspecified atom stereocenters. The number of pyridine rings is 1. The number of carbonyl (C=O) groups excluding carboxylic acids is 1. The highest BCUT2D eigenvalue weighted by molar-refractivity contribution is 7.17. The van der Waals surface area contributed by atoms with Crippen LogP contribution in [0.1, 0.15) is 29.4 Å². The molecule has 0 radical (unpaired) electrons. The molecule has 1 N–H and O–H groups in total. The Labute approximate surface area is 150 Å². The van der Waals surface area contributed by atoms with Gasteiger partial charge in [-0.15, -0.1) is 11.3 Å². The molecule has 126 valence electrons. The standard InChI is InChI=1S/C18H20ClN3OS/c1-11-17(12-6-8-22(11)9-7-12)21-18(23)16-5-4-15(24-16)14-3-2-13(19)10-20-14/h2-5,10-12,17H,6-9H2,1H3,(H,21,23)/t11-,17-/m0/s1. The van der Waals surface area contributed by atoms with E-state index in [1.165, 1.54) is 37.3 Å². The Morgan fingerprint density at radius 3 is 2.75 bits per heavy atom. The molecule has 2 bridgehead atoms. The number of rotatable bonds is 3. The first-order valence-corrected chi connectivity index (χ1v) is 9.58. The first-order chi connectivity index (χ1) is 11.6. The van der Waals surface area contributed by atoms with E-state index in [-0.39, 0.29) is 11.9 Å². The highest BCUT2D eigenvalue weighted by Crippen LogP contribution is 2.33. The lowest BCUT2D eigenvalue weighted by Gasteiger charge is -2.49. The molecule has 0 spiro atoms. The van der Waals surface area contributed by atoms with E-state index in [1.54, 1.807) is 6.20 Å². The number of thiophene rings is 1. The fraction of sp³-hybridized carbons (Fsp3) is 0.444. The molecule has 1 amide bonds. The van der Waals surface area contributed by atoms with Gasteiger partial charge in [-0.3, -0.25) is 14.7 Å². The van der Waals surface area contributed by atoms with Crippen molar-refractivity contribution in [3.63, 3.8) is 0 Å². The van der Waals surface area contributed by atoms with E-state index in [0.717, 1.165) is 15.4 Å². The van der Waals surface area contributed by atoms with Crippen molar-refractivity contribution in [3.8, 4) is 10.6 Å². The Morgan fingerprint density at radius 2 is 2.08 bits per heavy atom. The summed E-state index contributed by atoms with van der Waals surface area (Å²) < 4.78 is 0. The molecule has 0 aliphatic carbocycles. The van der Waals surface area contributed by atoms with Gasteiger partial charge in [0.2, 0.25) is 0 Å². The third-order valence-corrected chi connectivity index (χ3v) is 6.62.